The van der Waals surface area contributed by atoms with Gasteiger partial charge in [-0.1, -0.05) is 146 Å². The van der Waals surface area contributed by atoms with Crippen molar-refractivity contribution in [2.24, 2.45) is 9.98 Å². The summed E-state index contributed by atoms with van der Waals surface area (Å²) in [4.78, 5) is 10.5. The van der Waals surface area contributed by atoms with Crippen molar-refractivity contribution < 1.29 is 0 Å². The maximum Gasteiger partial charge on any atom is 0.0817 e. The molecule has 2 heterocycles. The molecule has 48 heavy (non-hydrogen) atoms. The Morgan fingerprint density at radius 2 is 0.979 bits per heavy atom. The molecule has 0 bridgehead atoms. The van der Waals surface area contributed by atoms with Crippen molar-refractivity contribution in [3.8, 4) is 55.6 Å². The zero-order chi connectivity index (χ0) is 31.6. The molecule has 0 aromatic heterocycles. The third kappa shape index (κ3) is 4.00. The van der Waals surface area contributed by atoms with Gasteiger partial charge in [-0.2, -0.15) is 0 Å². The van der Waals surface area contributed by atoms with Gasteiger partial charge < -0.3 is 0 Å². The number of hydrogen-bond acceptors (Lipinski definition) is 2. The Bertz CT molecular complexity index is 2830. The van der Waals surface area contributed by atoms with Crippen molar-refractivity contribution in [3.63, 3.8) is 0 Å². The lowest BCUT2D eigenvalue weighted by molar-refractivity contribution is 1.36. The molecule has 0 fully saturated rings. The van der Waals surface area contributed by atoms with Crippen LogP contribution >= 0.6 is 0 Å². The normalized spacial score (nSPS) is 12.1. The van der Waals surface area contributed by atoms with E-state index in [0.717, 1.165) is 38.4 Å². The smallest absolute Gasteiger partial charge is 0.0817 e. The van der Waals surface area contributed by atoms with Gasteiger partial charge in [0.2, 0.25) is 0 Å². The van der Waals surface area contributed by atoms with E-state index >= 15 is 0 Å². The van der Waals surface area contributed by atoms with E-state index in [-0.39, 0.29) is 0 Å². The first-order valence-corrected chi connectivity index (χ1v) is 16.4. The summed E-state index contributed by atoms with van der Waals surface area (Å²) in [6, 6.07) is 60.9. The maximum atomic E-state index is 5.25. The number of benzene rings is 8. The zero-order valence-corrected chi connectivity index (χ0v) is 26.1. The van der Waals surface area contributed by atoms with E-state index in [2.05, 4.69) is 170 Å². The molecule has 8 aromatic rings. The van der Waals surface area contributed by atoms with Gasteiger partial charge in [0.1, 0.15) is 0 Å². The Kier molecular flexibility index (Phi) is 5.91. The Balaban J connectivity index is 1.34. The predicted molar refractivity (Wildman–Crippen MR) is 197 cm³/mol. The second-order valence-electron chi connectivity index (χ2n) is 12.5. The number of nitrogens with zero attached hydrogens (tertiary/aromatic N) is 2. The highest BCUT2D eigenvalue weighted by molar-refractivity contribution is 6.10. The molecule has 0 saturated carbocycles. The average Bonchev–Trinajstić information content (AvgIpc) is 3.73. The molecule has 0 saturated heterocycles. The van der Waals surface area contributed by atoms with Crippen LogP contribution in [0.2, 0.25) is 0 Å². The first-order valence-electron chi connectivity index (χ1n) is 16.4. The monoisotopic (exact) mass is 608 g/mol. The van der Waals surface area contributed by atoms with Crippen LogP contribution < -0.4 is 10.7 Å². The van der Waals surface area contributed by atoms with Crippen LogP contribution in [0.1, 0.15) is 0 Å². The molecule has 8 aromatic carbocycles. The predicted octanol–water partition coefficient (Wildman–Crippen LogP) is 11.0. The highest BCUT2D eigenvalue weighted by Gasteiger charge is 2.28. The van der Waals surface area contributed by atoms with Crippen molar-refractivity contribution in [1.29, 1.82) is 0 Å². The minimum absolute atomic E-state index is 0.971. The molecule has 222 valence electrons. The molecular weight excluding hydrogens is 581 g/mol. The topological polar surface area (TPSA) is 24.7 Å². The van der Waals surface area contributed by atoms with Gasteiger partial charge in [0.05, 0.1) is 22.1 Å². The van der Waals surface area contributed by atoms with Crippen LogP contribution in [-0.2, 0) is 0 Å². The van der Waals surface area contributed by atoms with E-state index in [0.29, 0.717) is 0 Å². The number of para-hydroxylation sites is 1. The van der Waals surface area contributed by atoms with Gasteiger partial charge in [-0.3, -0.25) is 0 Å². The van der Waals surface area contributed by atoms with Gasteiger partial charge in [-0.05, 0) is 74.0 Å². The summed E-state index contributed by atoms with van der Waals surface area (Å²) < 4.78 is 0. The number of fused-ring (bicyclic) bond motifs is 7. The largest absolute Gasteiger partial charge is 0.248 e. The molecule has 0 unspecified atom stereocenters. The third-order valence-electron chi connectivity index (χ3n) is 9.83. The molecule has 0 spiro atoms. The molecule has 2 aliphatic rings. The van der Waals surface area contributed by atoms with Crippen LogP contribution in [0, 0.1) is 10.4 Å². The van der Waals surface area contributed by atoms with Gasteiger partial charge in [-0.15, -0.1) is 0 Å². The van der Waals surface area contributed by atoms with Crippen LogP contribution in [0.25, 0.3) is 66.4 Å². The van der Waals surface area contributed by atoms with Gasteiger partial charge in [0.25, 0.3) is 0 Å². The zero-order valence-electron chi connectivity index (χ0n) is 26.1. The van der Waals surface area contributed by atoms with Gasteiger partial charge in [-0.25, -0.2) is 9.98 Å². The standard InChI is InChI=1S/C46H28N2/c1-2-13-29(14-3-1)31-18-6-7-19-33(31)35-20-8-9-22-37(35)43-38(34-23-12-16-30-15-4-5-17-32(30)34)25-27-41-44(43)45-42(47-41)28-26-39-36-21-10-11-24-40(36)48-46(39)45/h1-28H. The van der Waals surface area contributed by atoms with E-state index in [1.165, 1.54) is 60.5 Å². The Morgan fingerprint density at radius 1 is 0.312 bits per heavy atom. The van der Waals surface area contributed by atoms with Gasteiger partial charge in [0.15, 0.2) is 0 Å². The maximum absolute atomic E-state index is 5.25. The van der Waals surface area contributed by atoms with Crippen molar-refractivity contribution in [2.45, 2.75) is 0 Å². The first-order chi connectivity index (χ1) is 23.8. The van der Waals surface area contributed by atoms with Crippen LogP contribution in [0.5, 0.6) is 0 Å². The van der Waals surface area contributed by atoms with Crippen molar-refractivity contribution in [1.82, 2.24) is 0 Å². The Morgan fingerprint density at radius 3 is 1.85 bits per heavy atom. The molecule has 10 rings (SSSR count). The Labute approximate surface area is 278 Å². The number of rotatable bonds is 4. The summed E-state index contributed by atoms with van der Waals surface area (Å²) in [5.74, 6) is 0. The molecule has 2 heteroatoms. The van der Waals surface area contributed by atoms with E-state index < -0.39 is 0 Å². The quantitative estimate of drug-likeness (QED) is 0.190. The minimum atomic E-state index is 0.971. The van der Waals surface area contributed by atoms with Crippen LogP contribution in [0.4, 0.5) is 11.4 Å². The highest BCUT2D eigenvalue weighted by Crippen LogP contribution is 2.52. The van der Waals surface area contributed by atoms with Crippen molar-refractivity contribution >= 4 is 22.1 Å². The molecular formula is C46H28N2. The van der Waals surface area contributed by atoms with Crippen LogP contribution in [-0.4, -0.2) is 0 Å². The summed E-state index contributed by atoms with van der Waals surface area (Å²) in [6.07, 6.45) is 0. The van der Waals surface area contributed by atoms with E-state index in [1.807, 2.05) is 0 Å². The highest BCUT2D eigenvalue weighted by atomic mass is 14.8. The SMILES string of the molecule is c1ccc(-c2ccccc2-c2ccccc2-c2c(-c3cccc4ccccc34)ccc3c2-c2c4c(ccc2=N3)=c2ccccc2=N4)cc1. The molecule has 0 N–H and O–H groups in total. The molecule has 2 aliphatic heterocycles. The Hall–Kier alpha value is -6.38. The molecule has 2 nitrogen and oxygen atoms in total. The molecule has 0 amide bonds. The van der Waals surface area contributed by atoms with E-state index in [4.69, 9.17) is 9.98 Å². The summed E-state index contributed by atoms with van der Waals surface area (Å²) in [7, 11) is 0. The second kappa shape index (κ2) is 10.6. The van der Waals surface area contributed by atoms with Crippen LogP contribution in [0.3, 0.4) is 0 Å². The van der Waals surface area contributed by atoms with Gasteiger partial charge in [0, 0.05) is 27.1 Å². The lowest BCUT2D eigenvalue weighted by atomic mass is 9.82. The summed E-state index contributed by atoms with van der Waals surface area (Å²) >= 11 is 0. The third-order valence-corrected chi connectivity index (χ3v) is 9.83. The average molecular weight is 609 g/mol. The van der Waals surface area contributed by atoms with Crippen molar-refractivity contribution in [3.05, 3.63) is 191 Å². The molecule has 0 radical (unpaired) electrons. The molecule has 0 aliphatic carbocycles. The summed E-state index contributed by atoms with van der Waals surface area (Å²) in [5.41, 5.74) is 13.8. The van der Waals surface area contributed by atoms with Crippen molar-refractivity contribution in [2.75, 3.05) is 0 Å². The lowest BCUT2D eigenvalue weighted by Crippen LogP contribution is -2.02. The van der Waals surface area contributed by atoms with Gasteiger partial charge >= 0.3 is 0 Å². The molecule has 0 atom stereocenters. The summed E-state index contributed by atoms with van der Waals surface area (Å²) in [6.45, 7) is 0. The minimum Gasteiger partial charge on any atom is -0.248 e. The number of hydrogen-bond donors (Lipinski definition) is 0. The van der Waals surface area contributed by atoms with E-state index in [1.54, 1.807) is 0 Å². The van der Waals surface area contributed by atoms with E-state index in [9.17, 15) is 0 Å². The fraction of sp³-hybridized carbons (Fsp3) is 0. The van der Waals surface area contributed by atoms with Crippen LogP contribution in [0.15, 0.2) is 180 Å². The first kappa shape index (κ1) is 26.8. The fourth-order valence-electron chi connectivity index (χ4n) is 7.73. The summed E-state index contributed by atoms with van der Waals surface area (Å²) in [5, 5.41) is 6.77. The second-order valence-corrected chi connectivity index (χ2v) is 12.5. The lowest BCUT2D eigenvalue weighted by Gasteiger charge is -2.21. The fourth-order valence-corrected chi connectivity index (χ4v) is 7.73.